The molecule has 0 unspecified atom stereocenters. The largest absolute Gasteiger partial charge is 0.466 e. The molecule has 1 rings (SSSR count). The highest BCUT2D eigenvalue weighted by Crippen LogP contribution is 2.10. The highest BCUT2D eigenvalue weighted by molar-refractivity contribution is 5.73. The average Bonchev–Trinajstić information content (AvgIpc) is 2.36. The number of ether oxygens (including phenoxy) is 1. The molecule has 0 aromatic carbocycles. The Bertz CT molecular complexity index is 149. The quantitative estimate of drug-likeness (QED) is 0.514. The van der Waals surface area contributed by atoms with Crippen molar-refractivity contribution >= 4 is 5.97 Å². The fourth-order valence-corrected chi connectivity index (χ4v) is 1.15. The van der Waals surface area contributed by atoms with E-state index in [1.165, 1.54) is 0 Å². The van der Waals surface area contributed by atoms with Gasteiger partial charge in [0.05, 0.1) is 18.6 Å². The summed E-state index contributed by atoms with van der Waals surface area (Å²) in [6.07, 6.45) is -0.575. The standard InChI is InChI=1S/C7H13NO3/c1-2-11-7(10)5-3-8-4-6(5)9/h5-6,8-9H,2-4H2,1H3/t5-,6-/m0/s1. The first kappa shape index (κ1) is 8.49. The van der Waals surface area contributed by atoms with Gasteiger partial charge in [0.15, 0.2) is 0 Å². The number of rotatable bonds is 2. The molecule has 0 bridgehead atoms. The molecular formula is C7H13NO3. The van der Waals surface area contributed by atoms with Gasteiger partial charge in [0.2, 0.25) is 0 Å². The zero-order valence-corrected chi connectivity index (χ0v) is 6.54. The van der Waals surface area contributed by atoms with E-state index in [-0.39, 0.29) is 11.9 Å². The Morgan fingerprint density at radius 1 is 1.73 bits per heavy atom. The summed E-state index contributed by atoms with van der Waals surface area (Å²) in [5.41, 5.74) is 0. The fraction of sp³-hybridized carbons (Fsp3) is 0.857. The first-order valence-corrected chi connectivity index (χ1v) is 3.81. The third-order valence-electron chi connectivity index (χ3n) is 1.77. The maximum Gasteiger partial charge on any atom is 0.312 e. The molecule has 0 saturated carbocycles. The number of aliphatic hydroxyl groups is 1. The van der Waals surface area contributed by atoms with E-state index in [9.17, 15) is 9.90 Å². The summed E-state index contributed by atoms with van der Waals surface area (Å²) >= 11 is 0. The Balaban J connectivity index is 2.39. The lowest BCUT2D eigenvalue weighted by atomic mass is 10.1. The number of aliphatic hydroxyl groups excluding tert-OH is 1. The van der Waals surface area contributed by atoms with Crippen molar-refractivity contribution in [1.82, 2.24) is 5.32 Å². The third-order valence-corrected chi connectivity index (χ3v) is 1.77. The molecule has 1 heterocycles. The molecule has 0 spiro atoms. The summed E-state index contributed by atoms with van der Waals surface area (Å²) in [7, 11) is 0. The van der Waals surface area contributed by atoms with Crippen LogP contribution in [0.15, 0.2) is 0 Å². The summed E-state index contributed by atoms with van der Waals surface area (Å²) in [6.45, 7) is 3.15. The fourth-order valence-electron chi connectivity index (χ4n) is 1.15. The van der Waals surface area contributed by atoms with Gasteiger partial charge < -0.3 is 15.2 Å². The van der Waals surface area contributed by atoms with Crippen molar-refractivity contribution in [3.05, 3.63) is 0 Å². The second kappa shape index (κ2) is 3.69. The van der Waals surface area contributed by atoms with Gasteiger partial charge in [-0.25, -0.2) is 0 Å². The zero-order valence-electron chi connectivity index (χ0n) is 6.54. The van der Waals surface area contributed by atoms with Crippen molar-refractivity contribution in [2.45, 2.75) is 13.0 Å². The summed E-state index contributed by atoms with van der Waals surface area (Å²) in [5, 5.41) is 12.1. The number of carbonyl (C=O) groups is 1. The predicted octanol–water partition coefficient (Wildman–Crippen LogP) is -0.870. The molecule has 0 radical (unpaired) electrons. The van der Waals surface area contributed by atoms with Crippen molar-refractivity contribution in [3.63, 3.8) is 0 Å². The van der Waals surface area contributed by atoms with Crippen molar-refractivity contribution < 1.29 is 14.6 Å². The molecule has 0 aromatic rings. The summed E-state index contributed by atoms with van der Waals surface area (Å²) in [4.78, 5) is 11.0. The predicted molar refractivity (Wildman–Crippen MR) is 39.0 cm³/mol. The second-order valence-corrected chi connectivity index (χ2v) is 2.58. The monoisotopic (exact) mass is 159 g/mol. The maximum atomic E-state index is 11.0. The van der Waals surface area contributed by atoms with Crippen LogP contribution in [0, 0.1) is 5.92 Å². The lowest BCUT2D eigenvalue weighted by Gasteiger charge is -2.10. The van der Waals surface area contributed by atoms with Crippen LogP contribution in [0.2, 0.25) is 0 Å². The van der Waals surface area contributed by atoms with Crippen molar-refractivity contribution in [3.8, 4) is 0 Å². The van der Waals surface area contributed by atoms with E-state index in [2.05, 4.69) is 5.32 Å². The molecule has 0 aliphatic carbocycles. The number of carbonyl (C=O) groups excluding carboxylic acids is 1. The van der Waals surface area contributed by atoms with Crippen LogP contribution in [-0.4, -0.2) is 36.9 Å². The van der Waals surface area contributed by atoms with Crippen molar-refractivity contribution in [2.75, 3.05) is 19.7 Å². The van der Waals surface area contributed by atoms with Gasteiger partial charge in [-0.1, -0.05) is 0 Å². The van der Waals surface area contributed by atoms with Gasteiger partial charge in [0, 0.05) is 13.1 Å². The van der Waals surface area contributed by atoms with Crippen LogP contribution in [0.1, 0.15) is 6.92 Å². The molecule has 1 saturated heterocycles. The molecule has 1 aliphatic rings. The highest BCUT2D eigenvalue weighted by atomic mass is 16.5. The van der Waals surface area contributed by atoms with Crippen molar-refractivity contribution in [2.24, 2.45) is 5.92 Å². The van der Waals surface area contributed by atoms with Gasteiger partial charge in [-0.2, -0.15) is 0 Å². The van der Waals surface area contributed by atoms with E-state index in [4.69, 9.17) is 4.74 Å². The van der Waals surface area contributed by atoms with Gasteiger partial charge in [-0.05, 0) is 6.92 Å². The number of hydrogen-bond acceptors (Lipinski definition) is 4. The smallest absolute Gasteiger partial charge is 0.312 e. The van der Waals surface area contributed by atoms with Crippen LogP contribution < -0.4 is 5.32 Å². The molecule has 1 fully saturated rings. The minimum absolute atomic E-state index is 0.301. The van der Waals surface area contributed by atoms with E-state index in [0.29, 0.717) is 19.7 Å². The van der Waals surface area contributed by atoms with Crippen LogP contribution >= 0.6 is 0 Å². The Morgan fingerprint density at radius 2 is 2.45 bits per heavy atom. The van der Waals surface area contributed by atoms with Crippen LogP contribution in [0.4, 0.5) is 0 Å². The molecular weight excluding hydrogens is 146 g/mol. The van der Waals surface area contributed by atoms with Gasteiger partial charge >= 0.3 is 5.97 Å². The normalized spacial score (nSPS) is 30.4. The molecule has 64 valence electrons. The first-order chi connectivity index (χ1) is 5.25. The highest BCUT2D eigenvalue weighted by Gasteiger charge is 2.32. The average molecular weight is 159 g/mol. The van der Waals surface area contributed by atoms with E-state index in [0.717, 1.165) is 0 Å². The lowest BCUT2D eigenvalue weighted by molar-refractivity contribution is -0.150. The topological polar surface area (TPSA) is 58.6 Å². The summed E-state index contributed by atoms with van der Waals surface area (Å²) < 4.78 is 4.76. The SMILES string of the molecule is CCOC(=O)[C@H]1CNC[C@@H]1O. The van der Waals surface area contributed by atoms with Crippen LogP contribution in [0.25, 0.3) is 0 Å². The Morgan fingerprint density at radius 3 is 2.91 bits per heavy atom. The van der Waals surface area contributed by atoms with E-state index < -0.39 is 6.10 Å². The van der Waals surface area contributed by atoms with Gasteiger partial charge in [-0.15, -0.1) is 0 Å². The maximum absolute atomic E-state index is 11.0. The molecule has 0 amide bonds. The van der Waals surface area contributed by atoms with Crippen molar-refractivity contribution in [1.29, 1.82) is 0 Å². The Kier molecular flexibility index (Phi) is 2.84. The van der Waals surface area contributed by atoms with Gasteiger partial charge in [0.1, 0.15) is 0 Å². The number of nitrogens with one attached hydrogen (secondary N) is 1. The summed E-state index contributed by atoms with van der Waals surface area (Å²) in [5.74, 6) is -0.667. The van der Waals surface area contributed by atoms with E-state index >= 15 is 0 Å². The molecule has 4 heteroatoms. The van der Waals surface area contributed by atoms with Crippen LogP contribution in [0.5, 0.6) is 0 Å². The number of hydrogen-bond donors (Lipinski definition) is 2. The van der Waals surface area contributed by atoms with Gasteiger partial charge in [0.25, 0.3) is 0 Å². The second-order valence-electron chi connectivity index (χ2n) is 2.58. The lowest BCUT2D eigenvalue weighted by Crippen LogP contribution is -2.28. The number of esters is 1. The Labute approximate surface area is 65.5 Å². The zero-order chi connectivity index (χ0) is 8.27. The van der Waals surface area contributed by atoms with E-state index in [1.807, 2.05) is 0 Å². The van der Waals surface area contributed by atoms with Gasteiger partial charge in [-0.3, -0.25) is 4.79 Å². The molecule has 2 atom stereocenters. The molecule has 2 N–H and O–H groups in total. The Hall–Kier alpha value is -0.610. The third kappa shape index (κ3) is 1.91. The first-order valence-electron chi connectivity index (χ1n) is 3.81. The number of β-amino-alcohol motifs (C(OH)–C–C–N with tert-alkyl or cyclic N) is 1. The van der Waals surface area contributed by atoms with Crippen LogP contribution in [0.3, 0.4) is 0 Å². The molecule has 11 heavy (non-hydrogen) atoms. The summed E-state index contributed by atoms with van der Waals surface area (Å²) in [6, 6.07) is 0. The molecule has 0 aromatic heterocycles. The molecule has 4 nitrogen and oxygen atoms in total. The van der Waals surface area contributed by atoms with Crippen LogP contribution in [-0.2, 0) is 9.53 Å². The minimum Gasteiger partial charge on any atom is -0.466 e. The van der Waals surface area contributed by atoms with E-state index in [1.54, 1.807) is 6.92 Å². The molecule has 1 aliphatic heterocycles. The minimum atomic E-state index is -0.575.